The van der Waals surface area contributed by atoms with Crippen molar-refractivity contribution in [3.8, 4) is 39.9 Å². The van der Waals surface area contributed by atoms with Crippen LogP contribution in [0.2, 0.25) is 0 Å². The SMILES string of the molecule is COc1ccc(-c2ccc3cc(OC)ccc3c2Oc2ccc(OCCN3CCCCC3)cc2)cc1.Cl. The second-order valence-corrected chi connectivity index (χ2v) is 9.08. The minimum Gasteiger partial charge on any atom is -0.497 e. The van der Waals surface area contributed by atoms with E-state index in [0.29, 0.717) is 6.61 Å². The lowest BCUT2D eigenvalue weighted by Crippen LogP contribution is -2.33. The Balaban J connectivity index is 0.00000320. The molecule has 1 heterocycles. The lowest BCUT2D eigenvalue weighted by molar-refractivity contribution is 0.183. The van der Waals surface area contributed by atoms with E-state index in [1.54, 1.807) is 14.2 Å². The maximum Gasteiger partial charge on any atom is 0.143 e. The highest BCUT2D eigenvalue weighted by Crippen LogP contribution is 2.41. The highest BCUT2D eigenvalue weighted by molar-refractivity contribution is 5.96. The number of ether oxygens (including phenoxy) is 4. The predicted octanol–water partition coefficient (Wildman–Crippen LogP) is 7.60. The second-order valence-electron chi connectivity index (χ2n) is 9.08. The van der Waals surface area contributed by atoms with Gasteiger partial charge in [0.2, 0.25) is 0 Å². The van der Waals surface area contributed by atoms with E-state index in [-0.39, 0.29) is 12.4 Å². The van der Waals surface area contributed by atoms with Crippen molar-refractivity contribution in [2.45, 2.75) is 19.3 Å². The molecule has 4 aromatic carbocycles. The summed E-state index contributed by atoms with van der Waals surface area (Å²) in [6.45, 7) is 4.04. The van der Waals surface area contributed by atoms with Crippen molar-refractivity contribution in [3.63, 3.8) is 0 Å². The summed E-state index contributed by atoms with van der Waals surface area (Å²) in [5, 5.41) is 2.07. The molecular weight excluding hydrogens is 486 g/mol. The molecule has 0 radical (unpaired) electrons. The van der Waals surface area contributed by atoms with Gasteiger partial charge in [-0.1, -0.05) is 24.6 Å². The Morgan fingerprint density at radius 2 is 1.32 bits per heavy atom. The van der Waals surface area contributed by atoms with Gasteiger partial charge in [0, 0.05) is 17.5 Å². The molecule has 0 aliphatic carbocycles. The third-order valence-electron chi connectivity index (χ3n) is 6.75. The van der Waals surface area contributed by atoms with E-state index in [1.807, 2.05) is 48.5 Å². The van der Waals surface area contributed by atoms with E-state index in [2.05, 4.69) is 35.2 Å². The molecular formula is C31H34ClNO4. The van der Waals surface area contributed by atoms with Gasteiger partial charge in [-0.15, -0.1) is 12.4 Å². The molecule has 0 bridgehead atoms. The third-order valence-corrected chi connectivity index (χ3v) is 6.75. The van der Waals surface area contributed by atoms with Crippen LogP contribution >= 0.6 is 12.4 Å². The number of benzene rings is 4. The molecule has 5 rings (SSSR count). The van der Waals surface area contributed by atoms with Crippen LogP contribution in [0.15, 0.2) is 78.9 Å². The van der Waals surface area contributed by atoms with Gasteiger partial charge >= 0.3 is 0 Å². The van der Waals surface area contributed by atoms with Crippen molar-refractivity contribution in [3.05, 3.63) is 78.9 Å². The van der Waals surface area contributed by atoms with Crippen LogP contribution in [0.1, 0.15) is 19.3 Å². The third kappa shape index (κ3) is 6.48. The van der Waals surface area contributed by atoms with Crippen molar-refractivity contribution in [1.29, 1.82) is 0 Å². The molecule has 1 aliphatic rings. The zero-order chi connectivity index (χ0) is 24.7. The Morgan fingerprint density at radius 1 is 0.676 bits per heavy atom. The number of methoxy groups -OCH3 is 2. The fourth-order valence-electron chi connectivity index (χ4n) is 4.71. The Bertz CT molecular complexity index is 1290. The summed E-state index contributed by atoms with van der Waals surface area (Å²) >= 11 is 0. The first-order valence-corrected chi connectivity index (χ1v) is 12.6. The lowest BCUT2D eigenvalue weighted by Gasteiger charge is -2.26. The molecule has 0 spiro atoms. The highest BCUT2D eigenvalue weighted by atomic mass is 35.5. The maximum absolute atomic E-state index is 6.53. The summed E-state index contributed by atoms with van der Waals surface area (Å²) in [5.74, 6) is 4.06. The molecule has 0 amide bonds. The van der Waals surface area contributed by atoms with Gasteiger partial charge in [0.1, 0.15) is 35.4 Å². The summed E-state index contributed by atoms with van der Waals surface area (Å²) in [6, 6.07) is 26.2. The van der Waals surface area contributed by atoms with Gasteiger partial charge in [0.15, 0.2) is 0 Å². The minimum absolute atomic E-state index is 0. The monoisotopic (exact) mass is 519 g/mol. The molecule has 37 heavy (non-hydrogen) atoms. The Hall–Kier alpha value is -3.41. The average molecular weight is 520 g/mol. The molecule has 1 fully saturated rings. The molecule has 0 N–H and O–H groups in total. The van der Waals surface area contributed by atoms with Crippen LogP contribution in [0.3, 0.4) is 0 Å². The normalized spacial score (nSPS) is 13.6. The molecule has 5 nitrogen and oxygen atoms in total. The summed E-state index contributed by atoms with van der Waals surface area (Å²) in [6.07, 6.45) is 3.94. The van der Waals surface area contributed by atoms with Crippen LogP contribution < -0.4 is 18.9 Å². The molecule has 0 aromatic heterocycles. The smallest absolute Gasteiger partial charge is 0.143 e. The summed E-state index contributed by atoms with van der Waals surface area (Å²) < 4.78 is 23.3. The molecule has 6 heteroatoms. The predicted molar refractivity (Wildman–Crippen MR) is 152 cm³/mol. The standard InChI is InChI=1S/C31H33NO4.ClH/c1-33-25-9-6-23(7-10-25)29-16-8-24-22-28(34-2)15-17-30(24)31(29)36-27-13-11-26(12-14-27)35-21-20-32-18-4-3-5-19-32;/h6-17,22H,3-5,18-21H2,1-2H3;1H. The quantitative estimate of drug-likeness (QED) is 0.227. The first kappa shape index (κ1) is 26.6. The molecule has 1 saturated heterocycles. The van der Waals surface area contributed by atoms with Crippen LogP contribution in [0, 0.1) is 0 Å². The Morgan fingerprint density at radius 3 is 2.03 bits per heavy atom. The number of rotatable bonds is 9. The van der Waals surface area contributed by atoms with Gasteiger partial charge in [-0.25, -0.2) is 0 Å². The number of halogens is 1. The van der Waals surface area contributed by atoms with Gasteiger partial charge in [0.25, 0.3) is 0 Å². The van der Waals surface area contributed by atoms with E-state index in [1.165, 1.54) is 32.4 Å². The van der Waals surface area contributed by atoms with Crippen LogP contribution in [0.5, 0.6) is 28.7 Å². The van der Waals surface area contributed by atoms with E-state index < -0.39 is 0 Å². The zero-order valence-electron chi connectivity index (χ0n) is 21.4. The number of fused-ring (bicyclic) bond motifs is 1. The van der Waals surface area contributed by atoms with Gasteiger partial charge in [-0.05, 0) is 97.5 Å². The number of hydrogen-bond donors (Lipinski definition) is 0. The summed E-state index contributed by atoms with van der Waals surface area (Å²) in [7, 11) is 3.36. The fourth-order valence-corrected chi connectivity index (χ4v) is 4.71. The highest BCUT2D eigenvalue weighted by Gasteiger charge is 2.14. The van der Waals surface area contributed by atoms with Crippen LogP contribution in [0.4, 0.5) is 0 Å². The van der Waals surface area contributed by atoms with Crippen molar-refractivity contribution in [2.24, 2.45) is 0 Å². The van der Waals surface area contributed by atoms with Crippen LogP contribution in [-0.2, 0) is 0 Å². The minimum atomic E-state index is 0. The first-order chi connectivity index (χ1) is 17.7. The van der Waals surface area contributed by atoms with Gasteiger partial charge in [-0.3, -0.25) is 4.90 Å². The first-order valence-electron chi connectivity index (χ1n) is 12.6. The molecule has 194 valence electrons. The Labute approximate surface area is 225 Å². The zero-order valence-corrected chi connectivity index (χ0v) is 22.3. The van der Waals surface area contributed by atoms with Crippen LogP contribution in [-0.4, -0.2) is 45.4 Å². The lowest BCUT2D eigenvalue weighted by atomic mass is 9.99. The van der Waals surface area contributed by atoms with Crippen molar-refractivity contribution < 1.29 is 18.9 Å². The van der Waals surface area contributed by atoms with E-state index in [9.17, 15) is 0 Å². The van der Waals surface area contributed by atoms with Gasteiger partial charge < -0.3 is 18.9 Å². The number of hydrogen-bond acceptors (Lipinski definition) is 5. The topological polar surface area (TPSA) is 40.2 Å². The van der Waals surface area contributed by atoms with E-state index >= 15 is 0 Å². The van der Waals surface area contributed by atoms with E-state index in [0.717, 1.165) is 57.2 Å². The van der Waals surface area contributed by atoms with Crippen molar-refractivity contribution in [1.82, 2.24) is 4.90 Å². The molecule has 4 aromatic rings. The largest absolute Gasteiger partial charge is 0.497 e. The van der Waals surface area contributed by atoms with Gasteiger partial charge in [-0.2, -0.15) is 0 Å². The molecule has 0 saturated carbocycles. The summed E-state index contributed by atoms with van der Waals surface area (Å²) in [4.78, 5) is 2.48. The van der Waals surface area contributed by atoms with Gasteiger partial charge in [0.05, 0.1) is 14.2 Å². The second kappa shape index (κ2) is 12.7. The molecule has 0 unspecified atom stereocenters. The molecule has 1 aliphatic heterocycles. The van der Waals surface area contributed by atoms with Crippen molar-refractivity contribution in [2.75, 3.05) is 40.5 Å². The fraction of sp³-hybridized carbons (Fsp3) is 0.290. The Kier molecular flexibility index (Phi) is 9.15. The number of piperidine rings is 1. The number of nitrogens with zero attached hydrogens (tertiary/aromatic N) is 1. The number of likely N-dealkylation sites (tertiary alicyclic amines) is 1. The average Bonchev–Trinajstić information content (AvgIpc) is 2.94. The van der Waals surface area contributed by atoms with E-state index in [4.69, 9.17) is 18.9 Å². The van der Waals surface area contributed by atoms with Crippen LogP contribution in [0.25, 0.3) is 21.9 Å². The van der Waals surface area contributed by atoms with Crippen molar-refractivity contribution >= 4 is 23.2 Å². The summed E-state index contributed by atoms with van der Waals surface area (Å²) in [5.41, 5.74) is 2.07. The molecule has 0 atom stereocenters. The maximum atomic E-state index is 6.53.